The van der Waals surface area contributed by atoms with Gasteiger partial charge in [-0.1, -0.05) is 81.4 Å². The molecule has 1 aromatic heterocycles. The number of aryl methyl sites for hydroxylation is 1. The van der Waals surface area contributed by atoms with Gasteiger partial charge in [0.15, 0.2) is 0 Å². The van der Waals surface area contributed by atoms with Crippen molar-refractivity contribution < 1.29 is 4.79 Å². The van der Waals surface area contributed by atoms with Crippen LogP contribution in [0.25, 0.3) is 33.3 Å². The molecule has 4 aromatic carbocycles. The first kappa shape index (κ1) is 29.9. The van der Waals surface area contributed by atoms with Crippen molar-refractivity contribution >= 4 is 28.4 Å². The van der Waals surface area contributed by atoms with Crippen LogP contribution in [0, 0.1) is 12.3 Å². The van der Waals surface area contributed by atoms with E-state index in [2.05, 4.69) is 70.4 Å². The fourth-order valence-electron chi connectivity index (χ4n) is 5.94. The maximum atomic E-state index is 12.6. The number of benzene rings is 4. The summed E-state index contributed by atoms with van der Waals surface area (Å²) in [5.41, 5.74) is 14.0. The molecule has 220 valence electrons. The molecule has 0 bridgehead atoms. The van der Waals surface area contributed by atoms with E-state index in [0.29, 0.717) is 18.1 Å². The predicted octanol–water partition coefficient (Wildman–Crippen LogP) is 8.42. The van der Waals surface area contributed by atoms with E-state index < -0.39 is 5.91 Å². The topological polar surface area (TPSA) is 92.9 Å². The normalized spacial score (nSPS) is 12.0. The third-order valence-corrected chi connectivity index (χ3v) is 7.53. The predicted molar refractivity (Wildman–Crippen MR) is 178 cm³/mol. The van der Waals surface area contributed by atoms with Crippen LogP contribution in [-0.4, -0.2) is 21.4 Å². The zero-order valence-corrected chi connectivity index (χ0v) is 26.0. The van der Waals surface area contributed by atoms with Gasteiger partial charge in [0.05, 0.1) is 11.2 Å². The third-order valence-electron chi connectivity index (χ3n) is 7.53. The molecule has 0 aliphatic rings. The summed E-state index contributed by atoms with van der Waals surface area (Å²) in [5, 5.41) is 8.10. The standard InChI is InChI=1S/C37H41N5O/c1-24-16-17-25(22-39-37(5,6)23-36(2,3)4)20-30(24)31-21-27(18-19-28(31)34(38)43)40-35-41-32-15-11-10-14-29(32)33(42-35)26-12-8-7-9-13-26/h7-21,39H,22-23H2,1-6H3,(H2,38,43)(H,40,41,42). The number of nitrogens with two attached hydrogens (primary N) is 1. The van der Waals surface area contributed by atoms with Gasteiger partial charge < -0.3 is 16.4 Å². The Bertz CT molecular complexity index is 1770. The molecule has 0 fully saturated rings. The number of carbonyl (C=O) groups excluding carboxylic acids is 1. The molecule has 1 heterocycles. The zero-order chi connectivity index (χ0) is 30.8. The van der Waals surface area contributed by atoms with Crippen LogP contribution in [-0.2, 0) is 6.54 Å². The molecule has 0 saturated carbocycles. The second kappa shape index (κ2) is 12.0. The number of nitrogens with zero attached hydrogens (tertiary/aromatic N) is 2. The molecule has 0 aliphatic carbocycles. The molecule has 5 aromatic rings. The largest absolute Gasteiger partial charge is 0.366 e. The summed E-state index contributed by atoms with van der Waals surface area (Å²) in [5.74, 6) is 0.00943. The number of hydrogen-bond acceptors (Lipinski definition) is 5. The smallest absolute Gasteiger partial charge is 0.249 e. The minimum Gasteiger partial charge on any atom is -0.366 e. The summed E-state index contributed by atoms with van der Waals surface area (Å²) in [6, 6.07) is 30.1. The van der Waals surface area contributed by atoms with Crippen LogP contribution in [0.5, 0.6) is 0 Å². The number of fused-ring (bicyclic) bond motifs is 1. The number of nitrogens with one attached hydrogen (secondary N) is 2. The number of primary amides is 1. The Morgan fingerprint density at radius 2 is 1.53 bits per heavy atom. The van der Waals surface area contributed by atoms with E-state index in [0.717, 1.165) is 56.5 Å². The highest BCUT2D eigenvalue weighted by molar-refractivity contribution is 6.01. The molecular weight excluding hydrogens is 530 g/mol. The van der Waals surface area contributed by atoms with Gasteiger partial charge in [0, 0.05) is 34.3 Å². The second-order valence-corrected chi connectivity index (χ2v) is 13.2. The summed E-state index contributed by atoms with van der Waals surface area (Å²) >= 11 is 0. The van der Waals surface area contributed by atoms with Crippen molar-refractivity contribution in [3.8, 4) is 22.4 Å². The van der Waals surface area contributed by atoms with Crippen LogP contribution < -0.4 is 16.4 Å². The molecule has 0 atom stereocenters. The summed E-state index contributed by atoms with van der Waals surface area (Å²) in [6.07, 6.45) is 1.04. The van der Waals surface area contributed by atoms with Crippen LogP contribution >= 0.6 is 0 Å². The number of rotatable bonds is 9. The maximum Gasteiger partial charge on any atom is 0.249 e. The maximum absolute atomic E-state index is 12.6. The van der Waals surface area contributed by atoms with E-state index in [9.17, 15) is 4.79 Å². The molecule has 43 heavy (non-hydrogen) atoms. The van der Waals surface area contributed by atoms with E-state index in [-0.39, 0.29) is 11.0 Å². The molecule has 1 amide bonds. The van der Waals surface area contributed by atoms with Crippen LogP contribution in [0.15, 0.2) is 91.0 Å². The van der Waals surface area contributed by atoms with Gasteiger partial charge in [-0.2, -0.15) is 0 Å². The lowest BCUT2D eigenvalue weighted by Crippen LogP contribution is -2.41. The van der Waals surface area contributed by atoms with Gasteiger partial charge >= 0.3 is 0 Å². The molecular formula is C37H41N5O. The SMILES string of the molecule is Cc1ccc(CNC(C)(C)CC(C)(C)C)cc1-c1cc(Nc2nc(-c3ccccc3)c3ccccc3n2)ccc1C(N)=O. The number of amides is 1. The van der Waals surface area contributed by atoms with Crippen LogP contribution in [0.1, 0.15) is 62.5 Å². The number of hydrogen-bond donors (Lipinski definition) is 3. The van der Waals surface area contributed by atoms with Crippen molar-refractivity contribution in [1.29, 1.82) is 0 Å². The van der Waals surface area contributed by atoms with Crippen molar-refractivity contribution in [1.82, 2.24) is 15.3 Å². The molecule has 0 aliphatic heterocycles. The quantitative estimate of drug-likeness (QED) is 0.165. The molecule has 6 heteroatoms. The second-order valence-electron chi connectivity index (χ2n) is 13.2. The van der Waals surface area contributed by atoms with E-state index in [1.807, 2.05) is 66.7 Å². The summed E-state index contributed by atoms with van der Waals surface area (Å²) < 4.78 is 0. The minimum absolute atomic E-state index is 0.0238. The summed E-state index contributed by atoms with van der Waals surface area (Å²) in [4.78, 5) is 22.3. The number of para-hydroxylation sites is 1. The van der Waals surface area contributed by atoms with Crippen LogP contribution in [0.2, 0.25) is 0 Å². The van der Waals surface area contributed by atoms with Gasteiger partial charge in [0.2, 0.25) is 11.9 Å². The third kappa shape index (κ3) is 7.27. The van der Waals surface area contributed by atoms with Gasteiger partial charge in [-0.15, -0.1) is 0 Å². The lowest BCUT2D eigenvalue weighted by atomic mass is 9.81. The highest BCUT2D eigenvalue weighted by Gasteiger charge is 2.25. The molecule has 6 nitrogen and oxygen atoms in total. The summed E-state index contributed by atoms with van der Waals surface area (Å²) in [6.45, 7) is 14.0. The molecule has 0 saturated heterocycles. The Kier molecular flexibility index (Phi) is 8.34. The van der Waals surface area contributed by atoms with Crippen LogP contribution in [0.4, 0.5) is 11.6 Å². The zero-order valence-electron chi connectivity index (χ0n) is 26.0. The van der Waals surface area contributed by atoms with Gasteiger partial charge in [0.1, 0.15) is 0 Å². The fraction of sp³-hybridized carbons (Fsp3) is 0.270. The van der Waals surface area contributed by atoms with Crippen LogP contribution in [0.3, 0.4) is 0 Å². The Morgan fingerprint density at radius 3 is 2.26 bits per heavy atom. The van der Waals surface area contributed by atoms with Gasteiger partial charge in [-0.25, -0.2) is 9.97 Å². The fourth-order valence-corrected chi connectivity index (χ4v) is 5.94. The monoisotopic (exact) mass is 571 g/mol. The van der Waals surface area contributed by atoms with Crippen molar-refractivity contribution in [3.05, 3.63) is 108 Å². The van der Waals surface area contributed by atoms with Crippen molar-refractivity contribution in [3.63, 3.8) is 0 Å². The molecule has 0 spiro atoms. The minimum atomic E-state index is -0.468. The highest BCUT2D eigenvalue weighted by atomic mass is 16.1. The van der Waals surface area contributed by atoms with E-state index in [1.54, 1.807) is 6.07 Å². The molecule has 0 unspecified atom stereocenters. The van der Waals surface area contributed by atoms with E-state index in [4.69, 9.17) is 15.7 Å². The Balaban J connectivity index is 1.50. The average molecular weight is 572 g/mol. The van der Waals surface area contributed by atoms with Crippen molar-refractivity contribution in [2.75, 3.05) is 5.32 Å². The first-order valence-electron chi connectivity index (χ1n) is 14.8. The lowest BCUT2D eigenvalue weighted by molar-refractivity contribution is 0.100. The molecule has 5 rings (SSSR count). The van der Waals surface area contributed by atoms with E-state index in [1.165, 1.54) is 0 Å². The summed E-state index contributed by atoms with van der Waals surface area (Å²) in [7, 11) is 0. The van der Waals surface area contributed by atoms with E-state index >= 15 is 0 Å². The van der Waals surface area contributed by atoms with Gasteiger partial charge in [0.25, 0.3) is 0 Å². The Labute approximate surface area is 254 Å². The highest BCUT2D eigenvalue weighted by Crippen LogP contribution is 2.33. The van der Waals surface area contributed by atoms with Crippen molar-refractivity contribution in [2.24, 2.45) is 11.1 Å². The average Bonchev–Trinajstić information content (AvgIpc) is 2.95. The van der Waals surface area contributed by atoms with Gasteiger partial charge in [-0.3, -0.25) is 4.79 Å². The Morgan fingerprint density at radius 1 is 0.814 bits per heavy atom. The first-order valence-corrected chi connectivity index (χ1v) is 14.8. The lowest BCUT2D eigenvalue weighted by Gasteiger charge is -2.33. The number of aromatic nitrogens is 2. The molecule has 0 radical (unpaired) electrons. The molecule has 4 N–H and O–H groups in total. The Hall–Kier alpha value is -4.55. The van der Waals surface area contributed by atoms with Crippen molar-refractivity contribution in [2.45, 2.75) is 60.0 Å². The first-order chi connectivity index (χ1) is 20.4. The number of anilines is 2. The number of carbonyl (C=O) groups is 1. The van der Waals surface area contributed by atoms with Gasteiger partial charge in [-0.05, 0) is 85.2 Å².